The second kappa shape index (κ2) is 7.36. The molecule has 2 aromatic rings. The van der Waals surface area contributed by atoms with Gasteiger partial charge in [-0.3, -0.25) is 9.59 Å². The van der Waals surface area contributed by atoms with Gasteiger partial charge in [-0.15, -0.1) is 0 Å². The Morgan fingerprint density at radius 1 is 0.964 bits per heavy atom. The van der Waals surface area contributed by atoms with Gasteiger partial charge in [0.1, 0.15) is 5.82 Å². The van der Waals surface area contributed by atoms with Gasteiger partial charge in [-0.25, -0.2) is 4.39 Å². The zero-order valence-corrected chi connectivity index (χ0v) is 16.0. The third kappa shape index (κ3) is 3.52. The highest BCUT2D eigenvalue weighted by molar-refractivity contribution is 6.02. The van der Waals surface area contributed by atoms with Crippen LogP contribution in [0.2, 0.25) is 0 Å². The molecule has 1 aliphatic carbocycles. The van der Waals surface area contributed by atoms with Gasteiger partial charge in [-0.1, -0.05) is 18.2 Å². The molecule has 1 saturated carbocycles. The molecule has 2 aliphatic rings. The first-order valence-corrected chi connectivity index (χ1v) is 9.64. The molecular weight excluding hydrogens is 357 g/mol. The largest absolute Gasteiger partial charge is 0.336 e. The summed E-state index contributed by atoms with van der Waals surface area (Å²) < 4.78 is 14.1. The second-order valence-corrected chi connectivity index (χ2v) is 7.69. The zero-order chi connectivity index (χ0) is 19.7. The zero-order valence-electron chi connectivity index (χ0n) is 16.0. The molecule has 0 unspecified atom stereocenters. The summed E-state index contributed by atoms with van der Waals surface area (Å²) in [6.45, 7) is 3.19. The molecule has 1 saturated heterocycles. The molecule has 6 heteroatoms. The van der Waals surface area contributed by atoms with E-state index in [4.69, 9.17) is 0 Å². The molecule has 2 aromatic carbocycles. The van der Waals surface area contributed by atoms with E-state index in [1.807, 2.05) is 11.9 Å². The quantitative estimate of drug-likeness (QED) is 0.886. The fourth-order valence-electron chi connectivity index (χ4n) is 3.73. The van der Waals surface area contributed by atoms with E-state index in [0.29, 0.717) is 29.7 Å². The number of hydrogen-bond donors (Lipinski definition) is 1. The highest BCUT2D eigenvalue weighted by Crippen LogP contribution is 2.49. The first kappa shape index (κ1) is 18.6. The smallest absolute Gasteiger partial charge is 0.253 e. The van der Waals surface area contributed by atoms with E-state index in [2.05, 4.69) is 10.2 Å². The van der Waals surface area contributed by atoms with Gasteiger partial charge in [0.15, 0.2) is 0 Å². The predicted molar refractivity (Wildman–Crippen MR) is 106 cm³/mol. The van der Waals surface area contributed by atoms with Crippen molar-refractivity contribution < 1.29 is 14.0 Å². The van der Waals surface area contributed by atoms with Crippen LogP contribution in [0, 0.1) is 5.82 Å². The van der Waals surface area contributed by atoms with E-state index in [1.54, 1.807) is 42.5 Å². The molecule has 0 spiro atoms. The van der Waals surface area contributed by atoms with E-state index in [1.165, 1.54) is 6.07 Å². The summed E-state index contributed by atoms with van der Waals surface area (Å²) in [4.78, 5) is 29.5. The van der Waals surface area contributed by atoms with Crippen molar-refractivity contribution in [1.82, 2.24) is 9.80 Å². The number of likely N-dealkylation sites (N-methyl/N-ethyl adjacent to an activating group) is 1. The first-order valence-electron chi connectivity index (χ1n) is 9.64. The Hall–Kier alpha value is -2.73. The molecule has 1 N–H and O–H groups in total. The number of nitrogens with one attached hydrogen (secondary N) is 1. The van der Waals surface area contributed by atoms with Crippen LogP contribution in [-0.2, 0) is 10.2 Å². The summed E-state index contributed by atoms with van der Waals surface area (Å²) in [6.07, 6.45) is 1.28. The van der Waals surface area contributed by atoms with Gasteiger partial charge in [0.25, 0.3) is 5.91 Å². The molecule has 1 aliphatic heterocycles. The SMILES string of the molecule is CN1CCN(C(=O)c2ccc(NC(=O)C3(c4ccccc4F)CC3)cc2)CC1. The number of rotatable bonds is 4. The van der Waals surface area contributed by atoms with Gasteiger partial charge in [0, 0.05) is 43.0 Å². The standard InChI is InChI=1S/C22H24FN3O2/c1-25-12-14-26(15-13-25)20(27)16-6-8-17(9-7-16)24-21(28)22(10-11-22)18-4-2-3-5-19(18)23/h2-9H,10-15H2,1H3,(H,24,28). The second-order valence-electron chi connectivity index (χ2n) is 7.69. The molecule has 2 amide bonds. The van der Waals surface area contributed by atoms with Crippen molar-refractivity contribution in [3.63, 3.8) is 0 Å². The van der Waals surface area contributed by atoms with Gasteiger partial charge >= 0.3 is 0 Å². The molecule has 5 nitrogen and oxygen atoms in total. The van der Waals surface area contributed by atoms with Crippen molar-refractivity contribution in [2.45, 2.75) is 18.3 Å². The lowest BCUT2D eigenvalue weighted by molar-refractivity contribution is -0.118. The molecule has 0 bridgehead atoms. The minimum Gasteiger partial charge on any atom is -0.336 e. The average molecular weight is 381 g/mol. The van der Waals surface area contributed by atoms with Crippen molar-refractivity contribution in [2.75, 3.05) is 38.5 Å². The molecule has 2 fully saturated rings. The molecular formula is C22H24FN3O2. The molecule has 0 aromatic heterocycles. The lowest BCUT2D eigenvalue weighted by Gasteiger charge is -2.32. The van der Waals surface area contributed by atoms with Gasteiger partial charge in [0.2, 0.25) is 5.91 Å². The van der Waals surface area contributed by atoms with Gasteiger partial charge in [-0.2, -0.15) is 0 Å². The summed E-state index contributed by atoms with van der Waals surface area (Å²) in [6, 6.07) is 13.4. The minimum atomic E-state index is -0.778. The Bertz CT molecular complexity index is 885. The Kier molecular flexibility index (Phi) is 4.89. The molecule has 28 heavy (non-hydrogen) atoms. The van der Waals surface area contributed by atoms with Crippen LogP contribution in [0.15, 0.2) is 48.5 Å². The number of amides is 2. The monoisotopic (exact) mass is 381 g/mol. The fourth-order valence-corrected chi connectivity index (χ4v) is 3.73. The Morgan fingerprint density at radius 2 is 1.61 bits per heavy atom. The van der Waals surface area contributed by atoms with Crippen LogP contribution in [-0.4, -0.2) is 54.8 Å². The Labute approximate surface area is 164 Å². The van der Waals surface area contributed by atoms with Crippen molar-refractivity contribution in [3.05, 3.63) is 65.5 Å². The lowest BCUT2D eigenvalue weighted by Crippen LogP contribution is -2.47. The number of halogens is 1. The van der Waals surface area contributed by atoms with E-state index in [9.17, 15) is 14.0 Å². The highest BCUT2D eigenvalue weighted by atomic mass is 19.1. The van der Waals surface area contributed by atoms with Crippen molar-refractivity contribution in [1.29, 1.82) is 0 Å². The van der Waals surface area contributed by atoms with Gasteiger partial charge < -0.3 is 15.1 Å². The molecule has 4 rings (SSSR count). The van der Waals surface area contributed by atoms with Crippen LogP contribution in [0.3, 0.4) is 0 Å². The van der Waals surface area contributed by atoms with Crippen LogP contribution in [0.4, 0.5) is 10.1 Å². The van der Waals surface area contributed by atoms with Crippen LogP contribution < -0.4 is 5.32 Å². The molecule has 0 atom stereocenters. The van der Waals surface area contributed by atoms with Gasteiger partial charge in [0.05, 0.1) is 5.41 Å². The summed E-state index contributed by atoms with van der Waals surface area (Å²) in [5, 5.41) is 2.88. The summed E-state index contributed by atoms with van der Waals surface area (Å²) in [5.74, 6) is -0.532. The number of piperazine rings is 1. The van der Waals surface area contributed by atoms with Crippen molar-refractivity contribution >= 4 is 17.5 Å². The van der Waals surface area contributed by atoms with E-state index in [0.717, 1.165) is 26.2 Å². The van der Waals surface area contributed by atoms with E-state index in [-0.39, 0.29) is 17.6 Å². The number of nitrogens with zero attached hydrogens (tertiary/aromatic N) is 2. The van der Waals surface area contributed by atoms with Gasteiger partial charge in [-0.05, 0) is 50.2 Å². The number of carbonyl (C=O) groups is 2. The Morgan fingerprint density at radius 3 is 2.21 bits per heavy atom. The van der Waals surface area contributed by atoms with E-state index >= 15 is 0 Å². The Balaban J connectivity index is 1.43. The maximum atomic E-state index is 14.1. The van der Waals surface area contributed by atoms with Crippen LogP contribution in [0.25, 0.3) is 0 Å². The third-order valence-corrected chi connectivity index (χ3v) is 5.75. The number of benzene rings is 2. The normalized spacial score (nSPS) is 18.6. The summed E-state index contributed by atoms with van der Waals surface area (Å²) >= 11 is 0. The number of hydrogen-bond acceptors (Lipinski definition) is 3. The van der Waals surface area contributed by atoms with Crippen LogP contribution in [0.5, 0.6) is 0 Å². The fraction of sp³-hybridized carbons (Fsp3) is 0.364. The highest BCUT2D eigenvalue weighted by Gasteiger charge is 2.52. The number of carbonyl (C=O) groups excluding carboxylic acids is 2. The maximum absolute atomic E-state index is 14.1. The first-order chi connectivity index (χ1) is 13.5. The lowest BCUT2D eigenvalue weighted by atomic mass is 9.94. The third-order valence-electron chi connectivity index (χ3n) is 5.75. The molecule has 146 valence electrons. The predicted octanol–water partition coefficient (Wildman–Crippen LogP) is 2.88. The topological polar surface area (TPSA) is 52.6 Å². The summed E-state index contributed by atoms with van der Waals surface area (Å²) in [5.41, 5.74) is 0.898. The van der Waals surface area contributed by atoms with Crippen molar-refractivity contribution in [2.24, 2.45) is 0 Å². The van der Waals surface area contributed by atoms with Crippen LogP contribution >= 0.6 is 0 Å². The molecule has 0 radical (unpaired) electrons. The van der Waals surface area contributed by atoms with E-state index < -0.39 is 5.41 Å². The van der Waals surface area contributed by atoms with Crippen LogP contribution in [0.1, 0.15) is 28.8 Å². The summed E-state index contributed by atoms with van der Waals surface area (Å²) in [7, 11) is 2.05. The minimum absolute atomic E-state index is 0.0102. The number of anilines is 1. The van der Waals surface area contributed by atoms with Crippen molar-refractivity contribution in [3.8, 4) is 0 Å². The average Bonchev–Trinajstić information content (AvgIpc) is 3.51. The molecule has 1 heterocycles. The maximum Gasteiger partial charge on any atom is 0.253 e.